The standard InChI is InChI=1S/C24H38N6.HI/c1-5-26-24(29-14-12-20(4)23(18-29)30-15-13-25-19-30)27-16-21-8-10-22(11-9-21)17-28(6-2)7-3;/h8-11,13,15,19-20,23H,5-7,12,14,16-18H2,1-4H3,(H,26,27);1H. The minimum Gasteiger partial charge on any atom is -0.357 e. The number of imidazole rings is 1. The molecule has 0 bridgehead atoms. The summed E-state index contributed by atoms with van der Waals surface area (Å²) in [4.78, 5) is 14.1. The number of likely N-dealkylation sites (tertiary alicyclic amines) is 1. The molecule has 2 aromatic rings. The fourth-order valence-corrected chi connectivity index (χ4v) is 4.14. The fourth-order valence-electron chi connectivity index (χ4n) is 4.14. The number of hydrogen-bond acceptors (Lipinski definition) is 3. The van der Waals surface area contributed by atoms with E-state index in [9.17, 15) is 0 Å². The van der Waals surface area contributed by atoms with E-state index in [4.69, 9.17) is 4.99 Å². The lowest BCUT2D eigenvalue weighted by Crippen LogP contribution is -2.49. The summed E-state index contributed by atoms with van der Waals surface area (Å²) in [7, 11) is 0. The SMILES string of the molecule is CCNC(=NCc1ccc(CN(CC)CC)cc1)N1CCC(C)C(n2ccnc2)C1.I. The molecule has 31 heavy (non-hydrogen) atoms. The van der Waals surface area contributed by atoms with E-state index in [1.165, 1.54) is 11.1 Å². The molecule has 7 heteroatoms. The number of piperidine rings is 1. The molecule has 0 spiro atoms. The molecule has 0 amide bonds. The van der Waals surface area contributed by atoms with Gasteiger partial charge in [0, 0.05) is 38.6 Å². The molecular formula is C24H39IN6. The maximum Gasteiger partial charge on any atom is 0.194 e. The van der Waals surface area contributed by atoms with Gasteiger partial charge in [0.05, 0.1) is 18.9 Å². The number of rotatable bonds is 8. The van der Waals surface area contributed by atoms with Gasteiger partial charge in [0.1, 0.15) is 0 Å². The van der Waals surface area contributed by atoms with E-state index in [1.54, 1.807) is 0 Å². The van der Waals surface area contributed by atoms with Gasteiger partial charge in [-0.25, -0.2) is 9.98 Å². The zero-order valence-electron chi connectivity index (χ0n) is 19.5. The number of guanidine groups is 1. The van der Waals surface area contributed by atoms with Crippen molar-refractivity contribution in [3.05, 3.63) is 54.1 Å². The van der Waals surface area contributed by atoms with Crippen LogP contribution in [-0.2, 0) is 13.1 Å². The van der Waals surface area contributed by atoms with Crippen LogP contribution in [0, 0.1) is 5.92 Å². The van der Waals surface area contributed by atoms with Crippen molar-refractivity contribution in [2.75, 3.05) is 32.7 Å². The predicted molar refractivity (Wildman–Crippen MR) is 140 cm³/mol. The summed E-state index contributed by atoms with van der Waals surface area (Å²) in [6, 6.07) is 9.36. The highest BCUT2D eigenvalue weighted by Crippen LogP contribution is 2.27. The average molecular weight is 539 g/mol. The number of hydrogen-bond donors (Lipinski definition) is 1. The molecule has 1 aromatic carbocycles. The summed E-state index contributed by atoms with van der Waals surface area (Å²) < 4.78 is 2.25. The summed E-state index contributed by atoms with van der Waals surface area (Å²) >= 11 is 0. The van der Waals surface area contributed by atoms with Crippen LogP contribution >= 0.6 is 24.0 Å². The maximum absolute atomic E-state index is 4.97. The minimum atomic E-state index is 0. The lowest BCUT2D eigenvalue weighted by molar-refractivity contribution is 0.189. The van der Waals surface area contributed by atoms with Crippen LogP contribution in [-0.4, -0.2) is 58.0 Å². The number of nitrogens with one attached hydrogen (secondary N) is 1. The summed E-state index contributed by atoms with van der Waals surface area (Å²) in [6.45, 7) is 15.7. The van der Waals surface area contributed by atoms with E-state index >= 15 is 0 Å². The Morgan fingerprint density at radius 3 is 2.48 bits per heavy atom. The van der Waals surface area contributed by atoms with Crippen molar-refractivity contribution < 1.29 is 0 Å². The van der Waals surface area contributed by atoms with Crippen molar-refractivity contribution in [1.82, 2.24) is 24.7 Å². The van der Waals surface area contributed by atoms with Gasteiger partial charge in [0.2, 0.25) is 0 Å². The van der Waals surface area contributed by atoms with Gasteiger partial charge in [-0.3, -0.25) is 4.90 Å². The molecule has 2 unspecified atom stereocenters. The highest BCUT2D eigenvalue weighted by Gasteiger charge is 2.28. The van der Waals surface area contributed by atoms with Gasteiger partial charge in [0.15, 0.2) is 5.96 Å². The molecule has 2 atom stereocenters. The van der Waals surface area contributed by atoms with Gasteiger partial charge < -0.3 is 14.8 Å². The summed E-state index contributed by atoms with van der Waals surface area (Å²) in [5, 5.41) is 3.50. The smallest absolute Gasteiger partial charge is 0.194 e. The van der Waals surface area contributed by atoms with Crippen molar-refractivity contribution in [2.24, 2.45) is 10.9 Å². The van der Waals surface area contributed by atoms with Crippen molar-refractivity contribution in [3.63, 3.8) is 0 Å². The third kappa shape index (κ3) is 7.20. The maximum atomic E-state index is 4.97. The van der Waals surface area contributed by atoms with Crippen molar-refractivity contribution >= 4 is 29.9 Å². The molecule has 6 nitrogen and oxygen atoms in total. The van der Waals surface area contributed by atoms with E-state index in [0.717, 1.165) is 51.6 Å². The molecule has 1 aromatic heterocycles. The Morgan fingerprint density at radius 1 is 1.16 bits per heavy atom. The molecule has 1 saturated heterocycles. The van der Waals surface area contributed by atoms with Crippen LogP contribution in [0.1, 0.15) is 51.3 Å². The number of nitrogens with zero attached hydrogens (tertiary/aromatic N) is 5. The lowest BCUT2D eigenvalue weighted by Gasteiger charge is -2.39. The first-order chi connectivity index (χ1) is 14.6. The van der Waals surface area contributed by atoms with Gasteiger partial charge in [-0.05, 0) is 43.5 Å². The summed E-state index contributed by atoms with van der Waals surface area (Å²) in [5.74, 6) is 1.65. The van der Waals surface area contributed by atoms with Crippen LogP contribution in [0.4, 0.5) is 0 Å². The van der Waals surface area contributed by atoms with Gasteiger partial charge in [-0.2, -0.15) is 0 Å². The largest absolute Gasteiger partial charge is 0.357 e. The van der Waals surface area contributed by atoms with Crippen LogP contribution in [0.2, 0.25) is 0 Å². The van der Waals surface area contributed by atoms with E-state index in [-0.39, 0.29) is 24.0 Å². The fraction of sp³-hybridized carbons (Fsp3) is 0.583. The Balaban J connectivity index is 0.00000341. The number of halogens is 1. The second kappa shape index (κ2) is 13.1. The van der Waals surface area contributed by atoms with Gasteiger partial charge in [0.25, 0.3) is 0 Å². The number of aromatic nitrogens is 2. The number of benzene rings is 1. The Kier molecular flexibility index (Phi) is 10.8. The van der Waals surface area contributed by atoms with Crippen molar-refractivity contribution in [2.45, 2.75) is 53.2 Å². The monoisotopic (exact) mass is 538 g/mol. The highest BCUT2D eigenvalue weighted by molar-refractivity contribution is 14.0. The van der Waals surface area contributed by atoms with Gasteiger partial charge >= 0.3 is 0 Å². The van der Waals surface area contributed by atoms with Gasteiger partial charge in [-0.15, -0.1) is 24.0 Å². The predicted octanol–water partition coefficient (Wildman–Crippen LogP) is 4.39. The van der Waals surface area contributed by atoms with E-state index < -0.39 is 0 Å². The van der Waals surface area contributed by atoms with Gasteiger partial charge in [-0.1, -0.05) is 45.0 Å². The molecule has 0 radical (unpaired) electrons. The first-order valence-corrected chi connectivity index (χ1v) is 11.4. The molecule has 0 aliphatic carbocycles. The normalized spacial score (nSPS) is 19.4. The van der Waals surface area contributed by atoms with E-state index in [0.29, 0.717) is 18.5 Å². The van der Waals surface area contributed by atoms with E-state index in [1.807, 2.05) is 12.5 Å². The molecule has 1 fully saturated rings. The second-order valence-electron chi connectivity index (χ2n) is 8.24. The van der Waals surface area contributed by atoms with Crippen molar-refractivity contribution in [1.29, 1.82) is 0 Å². The quantitative estimate of drug-likeness (QED) is 0.308. The van der Waals surface area contributed by atoms with Crippen LogP contribution < -0.4 is 5.32 Å². The second-order valence-corrected chi connectivity index (χ2v) is 8.24. The lowest BCUT2D eigenvalue weighted by atomic mass is 9.93. The van der Waals surface area contributed by atoms with Crippen LogP contribution in [0.25, 0.3) is 0 Å². The Bertz CT molecular complexity index is 770. The van der Waals surface area contributed by atoms with E-state index in [2.05, 4.69) is 82.8 Å². The van der Waals surface area contributed by atoms with Crippen LogP contribution in [0.15, 0.2) is 48.0 Å². The zero-order valence-corrected chi connectivity index (χ0v) is 21.8. The van der Waals surface area contributed by atoms with Crippen LogP contribution in [0.5, 0.6) is 0 Å². The van der Waals surface area contributed by atoms with Crippen molar-refractivity contribution in [3.8, 4) is 0 Å². The zero-order chi connectivity index (χ0) is 21.3. The first kappa shape index (κ1) is 25.6. The Labute approximate surface area is 205 Å². The molecule has 172 valence electrons. The minimum absolute atomic E-state index is 0. The topological polar surface area (TPSA) is 48.7 Å². The molecule has 0 saturated carbocycles. The highest BCUT2D eigenvalue weighted by atomic mass is 127. The molecule has 1 aliphatic rings. The van der Waals surface area contributed by atoms with Crippen LogP contribution in [0.3, 0.4) is 0 Å². The number of aliphatic imine (C=N–C) groups is 1. The molecule has 1 aliphatic heterocycles. The molecule has 3 rings (SSSR count). The third-order valence-electron chi connectivity index (χ3n) is 6.20. The Hall–Kier alpha value is -1.61. The Morgan fingerprint density at radius 2 is 1.87 bits per heavy atom. The summed E-state index contributed by atoms with van der Waals surface area (Å²) in [6.07, 6.45) is 7.05. The summed E-state index contributed by atoms with van der Waals surface area (Å²) in [5.41, 5.74) is 2.62. The first-order valence-electron chi connectivity index (χ1n) is 11.4. The average Bonchev–Trinajstić information content (AvgIpc) is 3.31. The molecular weight excluding hydrogens is 499 g/mol. The molecule has 1 N–H and O–H groups in total. The third-order valence-corrected chi connectivity index (χ3v) is 6.20. The molecule has 2 heterocycles.